The standard InChI is InChI=1S/C36H46N4O2/c1-26-12-14-29(15-13-26)36(42)40-23-21-33(24-34(40)35(41)38-32-18-16-31(37)17-19-32)39(22-20-28-9-4-3-5-10-28)25-30-11-7-6-8-27(30)2/h3-15,31-34H,16-25,37H2,1-2H3,(H,38,41)/t31?,32?,33?,34-/m1/s1. The molecule has 0 radical (unpaired) electrons. The second-order valence-corrected chi connectivity index (χ2v) is 12.3. The van der Waals surface area contributed by atoms with E-state index in [9.17, 15) is 9.59 Å². The highest BCUT2D eigenvalue weighted by Crippen LogP contribution is 2.27. The van der Waals surface area contributed by atoms with Crippen LogP contribution in [0.5, 0.6) is 0 Å². The molecule has 1 heterocycles. The molecule has 6 nitrogen and oxygen atoms in total. The maximum atomic E-state index is 14.0. The Hall–Kier alpha value is -3.48. The van der Waals surface area contributed by atoms with Crippen molar-refractivity contribution in [2.24, 2.45) is 5.73 Å². The number of amides is 2. The predicted molar refractivity (Wildman–Crippen MR) is 169 cm³/mol. The molecule has 2 fully saturated rings. The van der Waals surface area contributed by atoms with E-state index in [0.717, 1.165) is 57.2 Å². The molecule has 3 aromatic rings. The van der Waals surface area contributed by atoms with Gasteiger partial charge in [0.25, 0.3) is 5.91 Å². The molecular formula is C36H46N4O2. The van der Waals surface area contributed by atoms with Gasteiger partial charge in [0.1, 0.15) is 6.04 Å². The summed E-state index contributed by atoms with van der Waals surface area (Å²) in [4.78, 5) is 32.1. The summed E-state index contributed by atoms with van der Waals surface area (Å²) in [5.41, 5.74) is 11.8. The second kappa shape index (κ2) is 14.1. The molecule has 1 saturated heterocycles. The second-order valence-electron chi connectivity index (χ2n) is 12.3. The van der Waals surface area contributed by atoms with Crippen molar-refractivity contribution >= 4 is 11.8 Å². The third-order valence-electron chi connectivity index (χ3n) is 9.24. The maximum Gasteiger partial charge on any atom is 0.254 e. The van der Waals surface area contributed by atoms with Gasteiger partial charge < -0.3 is 16.0 Å². The largest absolute Gasteiger partial charge is 0.352 e. The molecule has 5 rings (SSSR count). The molecule has 42 heavy (non-hydrogen) atoms. The van der Waals surface area contributed by atoms with E-state index in [-0.39, 0.29) is 29.9 Å². The quantitative estimate of drug-likeness (QED) is 0.363. The summed E-state index contributed by atoms with van der Waals surface area (Å²) >= 11 is 0. The summed E-state index contributed by atoms with van der Waals surface area (Å²) in [6, 6.07) is 26.9. The van der Waals surface area contributed by atoms with Crippen molar-refractivity contribution in [2.45, 2.75) is 89.5 Å². The Morgan fingerprint density at radius 2 is 1.57 bits per heavy atom. The van der Waals surface area contributed by atoms with Gasteiger partial charge in [-0.1, -0.05) is 72.3 Å². The first-order valence-corrected chi connectivity index (χ1v) is 15.6. The number of rotatable bonds is 9. The summed E-state index contributed by atoms with van der Waals surface area (Å²) in [5, 5.41) is 3.32. The normalized spacial score (nSPS) is 22.6. The molecule has 2 aliphatic rings. The fraction of sp³-hybridized carbons (Fsp3) is 0.444. The van der Waals surface area contributed by atoms with Gasteiger partial charge in [-0.25, -0.2) is 0 Å². The molecular weight excluding hydrogens is 520 g/mol. The zero-order valence-electron chi connectivity index (χ0n) is 25.2. The SMILES string of the molecule is Cc1ccc(C(=O)N2CCC(N(CCc3ccccc3)Cc3ccccc3C)C[C@@H]2C(=O)NC2CCC(N)CC2)cc1. The monoisotopic (exact) mass is 566 g/mol. The predicted octanol–water partition coefficient (Wildman–Crippen LogP) is 5.41. The lowest BCUT2D eigenvalue weighted by molar-refractivity contribution is -0.128. The Morgan fingerprint density at radius 3 is 2.29 bits per heavy atom. The average molecular weight is 567 g/mol. The van der Waals surface area contributed by atoms with Crippen LogP contribution in [0.2, 0.25) is 0 Å². The van der Waals surface area contributed by atoms with Crippen molar-refractivity contribution in [2.75, 3.05) is 13.1 Å². The summed E-state index contributed by atoms with van der Waals surface area (Å²) in [5.74, 6) is -0.0893. The van der Waals surface area contributed by atoms with Gasteiger partial charge in [-0.3, -0.25) is 14.5 Å². The number of hydrogen-bond donors (Lipinski definition) is 2. The van der Waals surface area contributed by atoms with Crippen molar-refractivity contribution in [1.82, 2.24) is 15.1 Å². The van der Waals surface area contributed by atoms with Crippen LogP contribution in [0, 0.1) is 13.8 Å². The molecule has 6 heteroatoms. The van der Waals surface area contributed by atoms with Crippen molar-refractivity contribution in [3.8, 4) is 0 Å². The fourth-order valence-corrected chi connectivity index (χ4v) is 6.51. The molecule has 2 amide bonds. The Morgan fingerprint density at radius 1 is 0.881 bits per heavy atom. The van der Waals surface area contributed by atoms with Crippen LogP contribution in [0.4, 0.5) is 0 Å². The summed E-state index contributed by atoms with van der Waals surface area (Å²) in [6.45, 7) is 6.46. The maximum absolute atomic E-state index is 14.0. The highest BCUT2D eigenvalue weighted by atomic mass is 16.2. The number of hydrogen-bond acceptors (Lipinski definition) is 4. The first kappa shape index (κ1) is 30.0. The van der Waals surface area contributed by atoms with Gasteiger partial charge in [0.2, 0.25) is 5.91 Å². The van der Waals surface area contributed by atoms with E-state index in [0.29, 0.717) is 18.5 Å². The minimum absolute atomic E-state index is 0.0282. The molecule has 3 aromatic carbocycles. The Labute approximate surface area is 251 Å². The number of carbonyl (C=O) groups excluding carboxylic acids is 2. The van der Waals surface area contributed by atoms with Crippen LogP contribution in [-0.4, -0.2) is 58.9 Å². The number of nitrogens with zero attached hydrogens (tertiary/aromatic N) is 2. The van der Waals surface area contributed by atoms with Gasteiger partial charge in [-0.2, -0.15) is 0 Å². The van der Waals surface area contributed by atoms with Crippen LogP contribution >= 0.6 is 0 Å². The summed E-state index contributed by atoms with van der Waals surface area (Å²) in [7, 11) is 0. The van der Waals surface area contributed by atoms with Crippen LogP contribution in [0.3, 0.4) is 0 Å². The lowest BCUT2D eigenvalue weighted by atomic mass is 9.90. The van der Waals surface area contributed by atoms with Crippen molar-refractivity contribution in [3.05, 3.63) is 107 Å². The lowest BCUT2D eigenvalue weighted by Crippen LogP contribution is -2.58. The number of nitrogens with one attached hydrogen (secondary N) is 1. The van der Waals surface area contributed by atoms with E-state index in [4.69, 9.17) is 5.73 Å². The number of benzene rings is 3. The van der Waals surface area contributed by atoms with Crippen LogP contribution in [0.15, 0.2) is 78.9 Å². The molecule has 222 valence electrons. The van der Waals surface area contributed by atoms with Gasteiger partial charge in [0.05, 0.1) is 0 Å². The lowest BCUT2D eigenvalue weighted by Gasteiger charge is -2.43. The molecule has 1 aliphatic heterocycles. The summed E-state index contributed by atoms with van der Waals surface area (Å²) in [6.07, 6.45) is 6.03. The highest BCUT2D eigenvalue weighted by molar-refractivity contribution is 5.97. The average Bonchev–Trinajstić information content (AvgIpc) is 3.01. The van der Waals surface area contributed by atoms with E-state index in [1.54, 1.807) is 0 Å². The third-order valence-corrected chi connectivity index (χ3v) is 9.24. The van der Waals surface area contributed by atoms with Gasteiger partial charge in [0.15, 0.2) is 0 Å². The van der Waals surface area contributed by atoms with Crippen molar-refractivity contribution in [1.29, 1.82) is 0 Å². The van der Waals surface area contributed by atoms with E-state index >= 15 is 0 Å². The van der Waals surface area contributed by atoms with Crippen LogP contribution in [0.1, 0.15) is 71.1 Å². The van der Waals surface area contributed by atoms with Gasteiger partial charge in [0, 0.05) is 43.3 Å². The topological polar surface area (TPSA) is 78.7 Å². The number of piperidine rings is 1. The van der Waals surface area contributed by atoms with Crippen LogP contribution in [0.25, 0.3) is 0 Å². The zero-order valence-corrected chi connectivity index (χ0v) is 25.2. The number of likely N-dealkylation sites (tertiary alicyclic amines) is 1. The minimum atomic E-state index is -0.510. The smallest absolute Gasteiger partial charge is 0.254 e. The Bertz CT molecular complexity index is 1320. The minimum Gasteiger partial charge on any atom is -0.352 e. The Balaban J connectivity index is 1.38. The van der Waals surface area contributed by atoms with E-state index in [1.807, 2.05) is 36.1 Å². The number of aryl methyl sites for hydroxylation is 2. The van der Waals surface area contributed by atoms with Gasteiger partial charge in [-0.15, -0.1) is 0 Å². The number of carbonyl (C=O) groups is 2. The van der Waals surface area contributed by atoms with Crippen molar-refractivity contribution < 1.29 is 9.59 Å². The molecule has 1 unspecified atom stereocenters. The highest BCUT2D eigenvalue weighted by Gasteiger charge is 2.39. The van der Waals surface area contributed by atoms with E-state index in [1.165, 1.54) is 16.7 Å². The van der Waals surface area contributed by atoms with Gasteiger partial charge in [-0.05, 0) is 87.6 Å². The Kier molecular flexibility index (Phi) is 10.1. The molecule has 1 saturated carbocycles. The first-order chi connectivity index (χ1) is 20.4. The molecule has 0 spiro atoms. The molecule has 0 bridgehead atoms. The molecule has 1 aliphatic carbocycles. The third kappa shape index (κ3) is 7.67. The first-order valence-electron chi connectivity index (χ1n) is 15.6. The molecule has 3 N–H and O–H groups in total. The van der Waals surface area contributed by atoms with Crippen molar-refractivity contribution in [3.63, 3.8) is 0 Å². The summed E-state index contributed by atoms with van der Waals surface area (Å²) < 4.78 is 0. The van der Waals surface area contributed by atoms with E-state index in [2.05, 4.69) is 71.7 Å². The van der Waals surface area contributed by atoms with E-state index < -0.39 is 6.04 Å². The van der Waals surface area contributed by atoms with Gasteiger partial charge >= 0.3 is 0 Å². The number of nitrogens with two attached hydrogens (primary N) is 1. The van der Waals surface area contributed by atoms with Crippen LogP contribution in [-0.2, 0) is 17.8 Å². The molecule has 0 aromatic heterocycles. The zero-order chi connectivity index (χ0) is 29.5. The molecule has 2 atom stereocenters. The van der Waals surface area contributed by atoms with Crippen LogP contribution < -0.4 is 11.1 Å². The fourth-order valence-electron chi connectivity index (χ4n) is 6.51.